The molecule has 4 aromatic rings. The fraction of sp³-hybridized carbons (Fsp3) is 0.0645. The maximum absolute atomic E-state index is 13.2. The van der Waals surface area contributed by atoms with Crippen molar-refractivity contribution >= 4 is 57.6 Å². The lowest BCUT2D eigenvalue weighted by Gasteiger charge is -2.15. The SMILES string of the molecule is COc1ccc(NC(=O)COc2ccc(/C=C3\SC(=S)N(c4ccc(Oc5ccccc5)cc4)C3=O)cc2)cc1. The summed E-state index contributed by atoms with van der Waals surface area (Å²) in [6.07, 6.45) is 1.78. The van der Waals surface area contributed by atoms with E-state index in [2.05, 4.69) is 5.32 Å². The summed E-state index contributed by atoms with van der Waals surface area (Å²) in [4.78, 5) is 27.4. The van der Waals surface area contributed by atoms with Gasteiger partial charge in [-0.05, 0) is 84.4 Å². The quantitative estimate of drug-likeness (QED) is 0.174. The standard InChI is InChI=1S/C31H24N2O5S2/c1-36-24-15-9-22(10-16-24)32-29(34)20-37-25-13-7-21(8-14-25)19-28-30(35)33(31(39)40-28)23-11-17-27(18-12-23)38-26-5-3-2-4-6-26/h2-19H,20H2,1H3,(H,32,34)/b28-19-. The number of anilines is 2. The van der Waals surface area contributed by atoms with E-state index < -0.39 is 0 Å². The van der Waals surface area contributed by atoms with E-state index in [-0.39, 0.29) is 18.4 Å². The zero-order chi connectivity index (χ0) is 27.9. The number of methoxy groups -OCH3 is 1. The minimum Gasteiger partial charge on any atom is -0.497 e. The Morgan fingerprint density at radius 1 is 0.850 bits per heavy atom. The van der Waals surface area contributed by atoms with Crippen molar-refractivity contribution in [1.82, 2.24) is 0 Å². The fourth-order valence-corrected chi connectivity index (χ4v) is 5.11. The predicted molar refractivity (Wildman–Crippen MR) is 162 cm³/mol. The minimum atomic E-state index is -0.280. The molecule has 0 bridgehead atoms. The molecule has 40 heavy (non-hydrogen) atoms. The van der Waals surface area contributed by atoms with E-state index in [0.29, 0.717) is 37.8 Å². The van der Waals surface area contributed by atoms with Gasteiger partial charge in [-0.2, -0.15) is 0 Å². The summed E-state index contributed by atoms with van der Waals surface area (Å²) >= 11 is 6.75. The molecule has 0 aromatic heterocycles. The second-order valence-corrected chi connectivity index (χ2v) is 10.2. The first-order valence-corrected chi connectivity index (χ1v) is 13.5. The number of ether oxygens (including phenoxy) is 3. The van der Waals surface area contributed by atoms with E-state index in [1.54, 1.807) is 61.7 Å². The van der Waals surface area contributed by atoms with Crippen molar-refractivity contribution in [3.63, 3.8) is 0 Å². The smallest absolute Gasteiger partial charge is 0.270 e. The molecule has 1 fully saturated rings. The third-order valence-electron chi connectivity index (χ3n) is 5.79. The Morgan fingerprint density at radius 3 is 2.15 bits per heavy atom. The molecule has 1 heterocycles. The Bertz CT molecular complexity index is 1540. The Morgan fingerprint density at radius 2 is 1.48 bits per heavy atom. The number of carbonyl (C=O) groups excluding carboxylic acids is 2. The molecule has 0 radical (unpaired) electrons. The van der Waals surface area contributed by atoms with Crippen LogP contribution in [0.2, 0.25) is 0 Å². The van der Waals surface area contributed by atoms with Crippen LogP contribution in [0.25, 0.3) is 6.08 Å². The molecule has 0 saturated carbocycles. The van der Waals surface area contributed by atoms with Gasteiger partial charge in [0.15, 0.2) is 10.9 Å². The minimum absolute atomic E-state index is 0.140. The van der Waals surface area contributed by atoms with Crippen LogP contribution in [0.4, 0.5) is 11.4 Å². The maximum Gasteiger partial charge on any atom is 0.270 e. The van der Waals surface area contributed by atoms with E-state index in [4.69, 9.17) is 26.4 Å². The lowest BCUT2D eigenvalue weighted by Crippen LogP contribution is -2.27. The number of amides is 2. The number of thiocarbonyl (C=S) groups is 1. The van der Waals surface area contributed by atoms with Gasteiger partial charge in [0.05, 0.1) is 17.7 Å². The van der Waals surface area contributed by atoms with Crippen LogP contribution in [0.15, 0.2) is 108 Å². The van der Waals surface area contributed by atoms with Crippen LogP contribution in [-0.2, 0) is 9.59 Å². The average Bonchev–Trinajstić information content (AvgIpc) is 3.26. The normalized spacial score (nSPS) is 13.8. The van der Waals surface area contributed by atoms with E-state index in [1.807, 2.05) is 54.6 Å². The first-order chi connectivity index (χ1) is 19.5. The first kappa shape index (κ1) is 27.0. The van der Waals surface area contributed by atoms with Crippen molar-refractivity contribution in [2.24, 2.45) is 0 Å². The number of carbonyl (C=O) groups is 2. The van der Waals surface area contributed by atoms with E-state index in [0.717, 1.165) is 11.3 Å². The number of rotatable bonds is 9. The monoisotopic (exact) mass is 568 g/mol. The lowest BCUT2D eigenvalue weighted by atomic mass is 10.2. The average molecular weight is 569 g/mol. The highest BCUT2D eigenvalue weighted by molar-refractivity contribution is 8.27. The summed E-state index contributed by atoms with van der Waals surface area (Å²) in [6.45, 7) is -0.140. The Balaban J connectivity index is 1.17. The van der Waals surface area contributed by atoms with Gasteiger partial charge >= 0.3 is 0 Å². The highest BCUT2D eigenvalue weighted by Gasteiger charge is 2.33. The third kappa shape index (κ3) is 6.69. The Kier molecular flexibility index (Phi) is 8.44. The first-order valence-electron chi connectivity index (χ1n) is 12.3. The molecule has 0 atom stereocenters. The highest BCUT2D eigenvalue weighted by Crippen LogP contribution is 2.37. The number of nitrogens with one attached hydrogen (secondary N) is 1. The van der Waals surface area contributed by atoms with Crippen molar-refractivity contribution in [1.29, 1.82) is 0 Å². The van der Waals surface area contributed by atoms with E-state index in [9.17, 15) is 9.59 Å². The molecule has 4 aromatic carbocycles. The van der Waals surface area contributed by atoms with Crippen LogP contribution >= 0.6 is 24.0 Å². The van der Waals surface area contributed by atoms with Gasteiger partial charge < -0.3 is 19.5 Å². The van der Waals surface area contributed by atoms with Gasteiger partial charge in [0.25, 0.3) is 11.8 Å². The molecule has 0 aliphatic carbocycles. The molecule has 7 nitrogen and oxygen atoms in total. The van der Waals surface area contributed by atoms with E-state index >= 15 is 0 Å². The second-order valence-electron chi connectivity index (χ2n) is 8.56. The number of para-hydroxylation sites is 1. The molecule has 5 rings (SSSR count). The second kappa shape index (κ2) is 12.5. The molecule has 9 heteroatoms. The number of benzene rings is 4. The van der Waals surface area contributed by atoms with E-state index in [1.165, 1.54) is 16.7 Å². The summed E-state index contributed by atoms with van der Waals surface area (Å²) in [6, 6.07) is 30.9. The molecule has 2 amide bonds. The molecule has 1 N–H and O–H groups in total. The summed E-state index contributed by atoms with van der Waals surface area (Å²) in [5.74, 6) is 2.17. The van der Waals surface area contributed by atoms with Crippen molar-refractivity contribution < 1.29 is 23.8 Å². The van der Waals surface area contributed by atoms with Gasteiger partial charge in [-0.25, -0.2) is 0 Å². The predicted octanol–water partition coefficient (Wildman–Crippen LogP) is 6.91. The van der Waals surface area contributed by atoms with Crippen LogP contribution in [0.3, 0.4) is 0 Å². The van der Waals surface area contributed by atoms with Crippen molar-refractivity contribution in [3.05, 3.63) is 114 Å². The summed E-state index contributed by atoms with van der Waals surface area (Å²) in [5, 5.41) is 2.77. The van der Waals surface area contributed by atoms with Gasteiger partial charge in [0.2, 0.25) is 0 Å². The van der Waals surface area contributed by atoms with Gasteiger partial charge in [-0.1, -0.05) is 54.3 Å². The zero-order valence-electron chi connectivity index (χ0n) is 21.4. The topological polar surface area (TPSA) is 77.1 Å². The van der Waals surface area contributed by atoms with Crippen LogP contribution < -0.4 is 24.4 Å². The molecule has 1 aliphatic heterocycles. The Hall–Kier alpha value is -4.60. The molecule has 200 valence electrons. The van der Waals surface area contributed by atoms with Gasteiger partial charge in [-0.3, -0.25) is 14.5 Å². The number of hydrogen-bond acceptors (Lipinski definition) is 7. The largest absolute Gasteiger partial charge is 0.497 e. The highest BCUT2D eigenvalue weighted by atomic mass is 32.2. The van der Waals surface area contributed by atoms with Gasteiger partial charge in [0.1, 0.15) is 23.0 Å². The van der Waals surface area contributed by atoms with Crippen LogP contribution in [-0.4, -0.2) is 29.9 Å². The Labute approximate surface area is 241 Å². The number of thioether (sulfide) groups is 1. The molecular weight excluding hydrogens is 544 g/mol. The molecule has 1 aliphatic rings. The fourth-order valence-electron chi connectivity index (χ4n) is 3.81. The summed E-state index contributed by atoms with van der Waals surface area (Å²) < 4.78 is 17.0. The van der Waals surface area contributed by atoms with Crippen molar-refractivity contribution in [2.45, 2.75) is 0 Å². The molecular formula is C31H24N2O5S2. The van der Waals surface area contributed by atoms with Gasteiger partial charge in [-0.15, -0.1) is 0 Å². The van der Waals surface area contributed by atoms with Crippen LogP contribution in [0.1, 0.15) is 5.56 Å². The van der Waals surface area contributed by atoms with Crippen LogP contribution in [0, 0.1) is 0 Å². The third-order valence-corrected chi connectivity index (χ3v) is 7.09. The summed E-state index contributed by atoms with van der Waals surface area (Å²) in [7, 11) is 1.58. The lowest BCUT2D eigenvalue weighted by molar-refractivity contribution is -0.118. The van der Waals surface area contributed by atoms with Crippen molar-refractivity contribution in [3.8, 4) is 23.0 Å². The number of nitrogens with zero attached hydrogens (tertiary/aromatic N) is 1. The zero-order valence-corrected chi connectivity index (χ0v) is 23.0. The molecule has 1 saturated heterocycles. The summed E-state index contributed by atoms with van der Waals surface area (Å²) in [5.41, 5.74) is 2.13. The van der Waals surface area contributed by atoms with Crippen LogP contribution in [0.5, 0.6) is 23.0 Å². The maximum atomic E-state index is 13.2. The molecule has 0 spiro atoms. The molecule has 0 unspecified atom stereocenters. The van der Waals surface area contributed by atoms with Crippen molar-refractivity contribution in [2.75, 3.05) is 23.9 Å². The van der Waals surface area contributed by atoms with Gasteiger partial charge in [0, 0.05) is 5.69 Å². The number of hydrogen-bond donors (Lipinski definition) is 1.